The molecule has 0 aliphatic carbocycles. The van der Waals surface area contributed by atoms with Crippen LogP contribution in [0.5, 0.6) is 17.2 Å². The minimum atomic E-state index is -1.05. The van der Waals surface area contributed by atoms with Crippen LogP contribution in [0.1, 0.15) is 17.3 Å². The van der Waals surface area contributed by atoms with Gasteiger partial charge in [0.05, 0.1) is 24.9 Å². The van der Waals surface area contributed by atoms with E-state index in [2.05, 4.69) is 0 Å². The molecule has 1 amide bonds. The van der Waals surface area contributed by atoms with Gasteiger partial charge in [-0.05, 0) is 49.4 Å². The number of carbonyl (C=O) groups excluding carboxylic acids is 1. The fraction of sp³-hybridized carbons (Fsp3) is 0.263. The molecule has 2 aromatic carbocycles. The summed E-state index contributed by atoms with van der Waals surface area (Å²) in [6, 6.07) is 11.6. The number of fused-ring (bicyclic) bond motifs is 1. The highest BCUT2D eigenvalue weighted by Crippen LogP contribution is 2.34. The standard InChI is InChI=1S/C19H19NO6/c1-12-18(21)20(9-10-25-15-6-4-14(24-2)5-7-15)16-8-3-13(19(22)23)11-17(16)26-12/h3-8,11-12H,9-10H2,1-2H3,(H,22,23). The number of hydrogen-bond donors (Lipinski definition) is 1. The Bertz CT molecular complexity index is 817. The number of ether oxygens (including phenoxy) is 3. The van der Waals surface area contributed by atoms with Gasteiger partial charge in [-0.2, -0.15) is 0 Å². The zero-order chi connectivity index (χ0) is 18.7. The van der Waals surface area contributed by atoms with E-state index in [0.29, 0.717) is 23.7 Å². The Hall–Kier alpha value is -3.22. The number of amides is 1. The largest absolute Gasteiger partial charge is 0.497 e. The molecule has 7 heteroatoms. The van der Waals surface area contributed by atoms with E-state index in [-0.39, 0.29) is 18.1 Å². The Morgan fingerprint density at radius 3 is 2.54 bits per heavy atom. The summed E-state index contributed by atoms with van der Waals surface area (Å²) in [5.74, 6) is 0.536. The molecule has 0 saturated heterocycles. The van der Waals surface area contributed by atoms with Gasteiger partial charge in [-0.1, -0.05) is 0 Å². The van der Waals surface area contributed by atoms with E-state index in [1.54, 1.807) is 49.3 Å². The van der Waals surface area contributed by atoms with Gasteiger partial charge in [-0.15, -0.1) is 0 Å². The predicted molar refractivity (Wildman–Crippen MR) is 94.3 cm³/mol. The third kappa shape index (κ3) is 3.56. The van der Waals surface area contributed by atoms with E-state index in [4.69, 9.17) is 19.3 Å². The molecule has 26 heavy (non-hydrogen) atoms. The number of anilines is 1. The number of methoxy groups -OCH3 is 1. The van der Waals surface area contributed by atoms with Crippen molar-refractivity contribution >= 4 is 17.6 Å². The molecule has 0 aromatic heterocycles. The van der Waals surface area contributed by atoms with Gasteiger partial charge >= 0.3 is 5.97 Å². The second-order valence-electron chi connectivity index (χ2n) is 5.76. The lowest BCUT2D eigenvalue weighted by atomic mass is 10.1. The first-order valence-corrected chi connectivity index (χ1v) is 8.12. The molecule has 2 aromatic rings. The van der Waals surface area contributed by atoms with Crippen molar-refractivity contribution in [2.75, 3.05) is 25.2 Å². The lowest BCUT2D eigenvalue weighted by Crippen LogP contribution is -2.46. The van der Waals surface area contributed by atoms with Gasteiger partial charge in [0.2, 0.25) is 0 Å². The van der Waals surface area contributed by atoms with Crippen LogP contribution in [0.4, 0.5) is 5.69 Å². The van der Waals surface area contributed by atoms with Crippen LogP contribution >= 0.6 is 0 Å². The van der Waals surface area contributed by atoms with Gasteiger partial charge in [-0.3, -0.25) is 4.79 Å². The Morgan fingerprint density at radius 1 is 1.19 bits per heavy atom. The number of benzene rings is 2. The summed E-state index contributed by atoms with van der Waals surface area (Å²) < 4.78 is 16.3. The van der Waals surface area contributed by atoms with Crippen LogP contribution in [-0.2, 0) is 4.79 Å². The molecule has 1 atom stereocenters. The normalized spacial score (nSPS) is 15.8. The average Bonchev–Trinajstić information content (AvgIpc) is 2.64. The molecule has 1 heterocycles. The highest BCUT2D eigenvalue weighted by Gasteiger charge is 2.31. The lowest BCUT2D eigenvalue weighted by molar-refractivity contribution is -0.125. The fourth-order valence-corrected chi connectivity index (χ4v) is 2.70. The van der Waals surface area contributed by atoms with Crippen molar-refractivity contribution in [3.63, 3.8) is 0 Å². The van der Waals surface area contributed by atoms with Crippen LogP contribution in [0.25, 0.3) is 0 Å². The molecule has 0 fully saturated rings. The summed E-state index contributed by atoms with van der Waals surface area (Å²) >= 11 is 0. The highest BCUT2D eigenvalue weighted by atomic mass is 16.5. The van der Waals surface area contributed by atoms with E-state index in [0.717, 1.165) is 5.75 Å². The molecule has 3 rings (SSSR count). The minimum absolute atomic E-state index is 0.111. The van der Waals surface area contributed by atoms with E-state index < -0.39 is 12.1 Å². The molecule has 7 nitrogen and oxygen atoms in total. The number of carboxylic acids is 1. The van der Waals surface area contributed by atoms with Crippen LogP contribution in [0.15, 0.2) is 42.5 Å². The summed E-state index contributed by atoms with van der Waals surface area (Å²) in [7, 11) is 1.59. The van der Waals surface area contributed by atoms with Gasteiger partial charge in [0.1, 0.15) is 23.9 Å². The Kier molecular flexibility index (Phi) is 4.97. The first-order valence-electron chi connectivity index (χ1n) is 8.12. The molecule has 0 bridgehead atoms. The van der Waals surface area contributed by atoms with Crippen LogP contribution < -0.4 is 19.1 Å². The van der Waals surface area contributed by atoms with Crippen LogP contribution in [0.3, 0.4) is 0 Å². The topological polar surface area (TPSA) is 85.3 Å². The molecule has 1 N–H and O–H groups in total. The van der Waals surface area contributed by atoms with E-state index in [9.17, 15) is 9.59 Å². The summed E-state index contributed by atoms with van der Waals surface area (Å²) in [6.45, 7) is 2.24. The Labute approximate surface area is 150 Å². The van der Waals surface area contributed by atoms with Crippen molar-refractivity contribution in [1.29, 1.82) is 0 Å². The SMILES string of the molecule is COc1ccc(OCCN2C(=O)C(C)Oc3cc(C(=O)O)ccc32)cc1. The number of rotatable bonds is 6. The molecule has 1 unspecified atom stereocenters. The maximum absolute atomic E-state index is 12.4. The zero-order valence-corrected chi connectivity index (χ0v) is 14.5. The van der Waals surface area contributed by atoms with Crippen LogP contribution in [0.2, 0.25) is 0 Å². The third-order valence-corrected chi connectivity index (χ3v) is 4.06. The average molecular weight is 357 g/mol. The number of nitrogens with zero attached hydrogens (tertiary/aromatic N) is 1. The van der Waals surface area contributed by atoms with Crippen molar-refractivity contribution < 1.29 is 28.9 Å². The molecule has 1 aliphatic rings. The first kappa shape index (κ1) is 17.6. The second kappa shape index (κ2) is 7.35. The van der Waals surface area contributed by atoms with Crippen molar-refractivity contribution in [2.24, 2.45) is 0 Å². The summed E-state index contributed by atoms with van der Waals surface area (Å²) in [4.78, 5) is 25.1. The maximum Gasteiger partial charge on any atom is 0.335 e. The third-order valence-electron chi connectivity index (χ3n) is 4.06. The summed E-state index contributed by atoms with van der Waals surface area (Å²) in [6.07, 6.45) is -0.687. The number of carbonyl (C=O) groups is 2. The molecule has 0 spiro atoms. The highest BCUT2D eigenvalue weighted by molar-refractivity contribution is 6.00. The van der Waals surface area contributed by atoms with E-state index in [1.807, 2.05) is 0 Å². The van der Waals surface area contributed by atoms with Crippen LogP contribution in [-0.4, -0.2) is 43.3 Å². The smallest absolute Gasteiger partial charge is 0.335 e. The monoisotopic (exact) mass is 357 g/mol. The Balaban J connectivity index is 1.72. The van der Waals surface area contributed by atoms with Crippen molar-refractivity contribution in [1.82, 2.24) is 0 Å². The quantitative estimate of drug-likeness (QED) is 0.855. The van der Waals surface area contributed by atoms with Crippen molar-refractivity contribution in [3.8, 4) is 17.2 Å². The molecular weight excluding hydrogens is 338 g/mol. The first-order chi connectivity index (χ1) is 12.5. The number of aromatic carboxylic acids is 1. The van der Waals surface area contributed by atoms with Crippen molar-refractivity contribution in [3.05, 3.63) is 48.0 Å². The fourth-order valence-electron chi connectivity index (χ4n) is 2.70. The van der Waals surface area contributed by atoms with Gasteiger partial charge in [0, 0.05) is 0 Å². The second-order valence-corrected chi connectivity index (χ2v) is 5.76. The minimum Gasteiger partial charge on any atom is -0.497 e. The van der Waals surface area contributed by atoms with Crippen molar-refractivity contribution in [2.45, 2.75) is 13.0 Å². The van der Waals surface area contributed by atoms with E-state index in [1.165, 1.54) is 12.1 Å². The molecule has 0 saturated carbocycles. The predicted octanol–water partition coefficient (Wildman–Crippen LogP) is 2.59. The molecular formula is C19H19NO6. The van der Waals surface area contributed by atoms with Crippen LogP contribution in [0, 0.1) is 0 Å². The molecule has 1 aliphatic heterocycles. The summed E-state index contributed by atoms with van der Waals surface area (Å²) in [5.41, 5.74) is 0.649. The van der Waals surface area contributed by atoms with Gasteiger partial charge in [0.25, 0.3) is 5.91 Å². The lowest BCUT2D eigenvalue weighted by Gasteiger charge is -2.33. The summed E-state index contributed by atoms with van der Waals surface area (Å²) in [5, 5.41) is 9.11. The van der Waals surface area contributed by atoms with E-state index >= 15 is 0 Å². The van der Waals surface area contributed by atoms with Gasteiger partial charge in [0.15, 0.2) is 6.10 Å². The molecule has 136 valence electrons. The number of hydrogen-bond acceptors (Lipinski definition) is 5. The van der Waals surface area contributed by atoms with Gasteiger partial charge in [-0.25, -0.2) is 4.79 Å². The number of carboxylic acid groups (broad SMARTS) is 1. The van der Waals surface area contributed by atoms with Gasteiger partial charge < -0.3 is 24.2 Å². The zero-order valence-electron chi connectivity index (χ0n) is 14.5. The molecule has 0 radical (unpaired) electrons. The maximum atomic E-state index is 12.4. The Morgan fingerprint density at radius 2 is 1.88 bits per heavy atom.